The Labute approximate surface area is 236 Å². The van der Waals surface area contributed by atoms with Gasteiger partial charge in [0, 0.05) is 13.0 Å². The number of primary amides is 1. The third-order valence-electron chi connectivity index (χ3n) is 7.35. The summed E-state index contributed by atoms with van der Waals surface area (Å²) in [5, 5.41) is 8.46. The maximum atomic E-state index is 13.5. The SMILES string of the molecule is CN[C@@H](C)C(=O)N[C@H](C(=O)N1CCC[C@H]1C(=O)N[C@@H](Cc1cccc(-c2ccc(OC)cc2)c1)C(N)=O)C(C)C. The number of rotatable bonds is 12. The summed E-state index contributed by atoms with van der Waals surface area (Å²) >= 11 is 0. The van der Waals surface area contributed by atoms with E-state index in [9.17, 15) is 19.2 Å². The minimum Gasteiger partial charge on any atom is -0.497 e. The van der Waals surface area contributed by atoms with Gasteiger partial charge in [0.2, 0.25) is 23.6 Å². The van der Waals surface area contributed by atoms with E-state index < -0.39 is 36.0 Å². The van der Waals surface area contributed by atoms with E-state index in [1.807, 2.05) is 62.4 Å². The van der Waals surface area contributed by atoms with Crippen molar-refractivity contribution in [3.63, 3.8) is 0 Å². The third kappa shape index (κ3) is 7.59. The highest BCUT2D eigenvalue weighted by Gasteiger charge is 2.39. The number of hydrogen-bond acceptors (Lipinski definition) is 6. The van der Waals surface area contributed by atoms with Gasteiger partial charge in [-0.3, -0.25) is 19.2 Å². The first-order valence-corrected chi connectivity index (χ1v) is 13.7. The zero-order chi connectivity index (χ0) is 29.4. The summed E-state index contributed by atoms with van der Waals surface area (Å²) in [4.78, 5) is 53.2. The van der Waals surface area contributed by atoms with Crippen LogP contribution in [0.25, 0.3) is 11.1 Å². The van der Waals surface area contributed by atoms with E-state index in [0.29, 0.717) is 19.4 Å². The van der Waals surface area contributed by atoms with Gasteiger partial charge >= 0.3 is 0 Å². The Bertz CT molecular complexity index is 1200. The van der Waals surface area contributed by atoms with Crippen molar-refractivity contribution in [3.05, 3.63) is 54.1 Å². The first-order chi connectivity index (χ1) is 19.0. The van der Waals surface area contributed by atoms with Gasteiger partial charge in [-0.05, 0) is 61.6 Å². The van der Waals surface area contributed by atoms with Crippen LogP contribution in [0.4, 0.5) is 0 Å². The lowest BCUT2D eigenvalue weighted by atomic mass is 9.98. The molecule has 1 aliphatic heterocycles. The Morgan fingerprint density at radius 1 is 1.02 bits per heavy atom. The van der Waals surface area contributed by atoms with Gasteiger partial charge in [-0.15, -0.1) is 0 Å². The van der Waals surface area contributed by atoms with E-state index in [1.54, 1.807) is 21.1 Å². The first-order valence-electron chi connectivity index (χ1n) is 13.7. The smallest absolute Gasteiger partial charge is 0.246 e. The summed E-state index contributed by atoms with van der Waals surface area (Å²) < 4.78 is 5.23. The van der Waals surface area contributed by atoms with E-state index in [0.717, 1.165) is 22.4 Å². The molecular formula is C30H41N5O5. The molecule has 0 unspecified atom stereocenters. The van der Waals surface area contributed by atoms with Crippen molar-refractivity contribution in [1.82, 2.24) is 20.9 Å². The molecule has 2 aromatic rings. The highest BCUT2D eigenvalue weighted by Crippen LogP contribution is 2.24. The summed E-state index contributed by atoms with van der Waals surface area (Å²) in [5.74, 6) is -1.12. The van der Waals surface area contributed by atoms with Crippen LogP contribution in [0.1, 0.15) is 39.2 Å². The summed E-state index contributed by atoms with van der Waals surface area (Å²) in [6, 6.07) is 12.4. The minimum atomic E-state index is -0.951. The van der Waals surface area contributed by atoms with Crippen LogP contribution in [0.2, 0.25) is 0 Å². The highest BCUT2D eigenvalue weighted by molar-refractivity contribution is 5.95. The van der Waals surface area contributed by atoms with Crippen LogP contribution in [-0.4, -0.2) is 73.4 Å². The van der Waals surface area contributed by atoms with Gasteiger partial charge < -0.3 is 31.3 Å². The van der Waals surface area contributed by atoms with Crippen molar-refractivity contribution in [3.8, 4) is 16.9 Å². The van der Waals surface area contributed by atoms with E-state index in [-0.39, 0.29) is 24.2 Å². The summed E-state index contributed by atoms with van der Waals surface area (Å²) in [7, 11) is 3.28. The predicted molar refractivity (Wildman–Crippen MR) is 153 cm³/mol. The lowest BCUT2D eigenvalue weighted by Crippen LogP contribution is -2.58. The van der Waals surface area contributed by atoms with Gasteiger partial charge in [0.25, 0.3) is 0 Å². The average molecular weight is 552 g/mol. The van der Waals surface area contributed by atoms with E-state index in [1.165, 1.54) is 4.90 Å². The molecule has 10 nitrogen and oxygen atoms in total. The molecule has 4 amide bonds. The van der Waals surface area contributed by atoms with Gasteiger partial charge in [0.1, 0.15) is 23.9 Å². The molecule has 0 aliphatic carbocycles. The number of amides is 4. The van der Waals surface area contributed by atoms with E-state index in [2.05, 4.69) is 16.0 Å². The Morgan fingerprint density at radius 3 is 2.33 bits per heavy atom. The molecule has 0 bridgehead atoms. The number of nitrogens with zero attached hydrogens (tertiary/aromatic N) is 1. The number of ether oxygens (including phenoxy) is 1. The molecule has 4 atom stereocenters. The molecule has 0 aromatic heterocycles. The zero-order valence-corrected chi connectivity index (χ0v) is 23.9. The monoisotopic (exact) mass is 551 g/mol. The largest absolute Gasteiger partial charge is 0.497 e. The summed E-state index contributed by atoms with van der Waals surface area (Å²) in [5.41, 5.74) is 8.46. The van der Waals surface area contributed by atoms with Gasteiger partial charge in [-0.1, -0.05) is 50.2 Å². The maximum Gasteiger partial charge on any atom is 0.246 e. The van der Waals surface area contributed by atoms with Crippen LogP contribution in [0.15, 0.2) is 48.5 Å². The number of carbonyl (C=O) groups is 4. The number of benzene rings is 2. The molecule has 0 saturated carbocycles. The van der Waals surface area contributed by atoms with Crippen LogP contribution in [0.3, 0.4) is 0 Å². The minimum absolute atomic E-state index is 0.179. The van der Waals surface area contributed by atoms with Crippen LogP contribution in [0.5, 0.6) is 5.75 Å². The van der Waals surface area contributed by atoms with Crippen LogP contribution in [-0.2, 0) is 25.6 Å². The molecule has 2 aromatic carbocycles. The fourth-order valence-electron chi connectivity index (χ4n) is 4.79. The average Bonchev–Trinajstić information content (AvgIpc) is 3.45. The number of likely N-dealkylation sites (N-methyl/N-ethyl adjacent to an activating group) is 1. The van der Waals surface area contributed by atoms with E-state index in [4.69, 9.17) is 10.5 Å². The van der Waals surface area contributed by atoms with Crippen molar-refractivity contribution < 1.29 is 23.9 Å². The Kier molecular flexibility index (Phi) is 10.7. The number of nitrogens with one attached hydrogen (secondary N) is 3. The second kappa shape index (κ2) is 13.9. The van der Waals surface area contributed by atoms with Gasteiger partial charge in [-0.25, -0.2) is 0 Å². The van der Waals surface area contributed by atoms with Crippen LogP contribution in [0, 0.1) is 5.92 Å². The lowest BCUT2D eigenvalue weighted by Gasteiger charge is -2.31. The topological polar surface area (TPSA) is 143 Å². The highest BCUT2D eigenvalue weighted by atomic mass is 16.5. The number of carbonyl (C=O) groups excluding carboxylic acids is 4. The van der Waals surface area contributed by atoms with Crippen molar-refractivity contribution >= 4 is 23.6 Å². The predicted octanol–water partition coefficient (Wildman–Crippen LogP) is 1.61. The molecule has 40 heavy (non-hydrogen) atoms. The standard InChI is InChI=1S/C30H41N5O5/c1-18(2)26(34-28(37)19(3)32-4)30(39)35-15-7-10-25(35)29(38)33-24(27(31)36)17-20-8-6-9-22(16-20)21-11-13-23(40-5)14-12-21/h6,8-9,11-14,16,18-19,24-26,32H,7,10,15,17H2,1-5H3,(H2,31,36)(H,33,38)(H,34,37)/t19-,24-,25-,26-/m0/s1. The number of hydrogen-bond donors (Lipinski definition) is 4. The van der Waals surface area contributed by atoms with Crippen LogP contribution >= 0.6 is 0 Å². The lowest BCUT2D eigenvalue weighted by molar-refractivity contribution is -0.143. The molecule has 3 rings (SSSR count). The number of likely N-dealkylation sites (tertiary alicyclic amines) is 1. The second-order valence-corrected chi connectivity index (χ2v) is 10.5. The van der Waals surface area contributed by atoms with Gasteiger partial charge in [0.15, 0.2) is 0 Å². The summed E-state index contributed by atoms with van der Waals surface area (Å²) in [6.07, 6.45) is 1.31. The third-order valence-corrected chi connectivity index (χ3v) is 7.35. The number of methoxy groups -OCH3 is 1. The molecule has 0 spiro atoms. The van der Waals surface area contributed by atoms with Crippen molar-refractivity contribution in [2.75, 3.05) is 20.7 Å². The molecule has 1 saturated heterocycles. The number of nitrogens with two attached hydrogens (primary N) is 1. The van der Waals surface area contributed by atoms with Gasteiger partial charge in [-0.2, -0.15) is 0 Å². The van der Waals surface area contributed by atoms with Gasteiger partial charge in [0.05, 0.1) is 13.2 Å². The van der Waals surface area contributed by atoms with Crippen LogP contribution < -0.4 is 26.4 Å². The second-order valence-electron chi connectivity index (χ2n) is 10.5. The first kappa shape index (κ1) is 30.6. The molecule has 10 heteroatoms. The molecule has 0 radical (unpaired) electrons. The Hall–Kier alpha value is -3.92. The molecule has 5 N–H and O–H groups in total. The maximum absolute atomic E-state index is 13.5. The fourth-order valence-corrected chi connectivity index (χ4v) is 4.79. The van der Waals surface area contributed by atoms with Crippen molar-refractivity contribution in [2.45, 2.75) is 64.2 Å². The van der Waals surface area contributed by atoms with E-state index >= 15 is 0 Å². The Balaban J connectivity index is 1.72. The molecule has 1 fully saturated rings. The molecule has 1 heterocycles. The Morgan fingerprint density at radius 2 is 1.73 bits per heavy atom. The fraction of sp³-hybridized carbons (Fsp3) is 0.467. The quantitative estimate of drug-likeness (QED) is 0.316. The zero-order valence-electron chi connectivity index (χ0n) is 23.9. The summed E-state index contributed by atoms with van der Waals surface area (Å²) in [6.45, 7) is 5.80. The molecule has 1 aliphatic rings. The molecule has 216 valence electrons. The van der Waals surface area contributed by atoms with Crippen molar-refractivity contribution in [2.24, 2.45) is 11.7 Å². The molecular weight excluding hydrogens is 510 g/mol. The van der Waals surface area contributed by atoms with Crippen molar-refractivity contribution in [1.29, 1.82) is 0 Å². The normalized spacial score (nSPS) is 17.1.